The quantitative estimate of drug-likeness (QED) is 0.586. The van der Waals surface area contributed by atoms with Crippen molar-refractivity contribution in [2.45, 2.75) is 38.3 Å². The van der Waals surface area contributed by atoms with Crippen molar-refractivity contribution in [3.63, 3.8) is 0 Å². The number of nitro groups is 1. The smallest absolute Gasteiger partial charge is 0.368 e. The Labute approximate surface area is 120 Å². The lowest BCUT2D eigenvalue weighted by Crippen LogP contribution is -2.45. The zero-order chi connectivity index (χ0) is 15.4. The number of hydrogen-bond donors (Lipinski definition) is 1. The molecule has 114 valence electrons. The Morgan fingerprint density at radius 2 is 2.14 bits per heavy atom. The van der Waals surface area contributed by atoms with Crippen molar-refractivity contribution >= 4 is 17.6 Å². The molecule has 0 spiro atoms. The number of nitrogens with two attached hydrogens (primary N) is 1. The molecule has 9 nitrogen and oxygen atoms in total. The fourth-order valence-corrected chi connectivity index (χ4v) is 2.57. The minimum atomic E-state index is -0.626. The molecule has 2 amide bonds. The molecule has 21 heavy (non-hydrogen) atoms. The Hall–Kier alpha value is -2.45. The molecule has 1 saturated carbocycles. The van der Waals surface area contributed by atoms with Crippen LogP contribution in [0, 0.1) is 10.1 Å². The summed E-state index contributed by atoms with van der Waals surface area (Å²) in [6.07, 6.45) is 5.09. The van der Waals surface area contributed by atoms with Gasteiger partial charge in [0, 0.05) is 6.04 Å². The molecule has 1 aliphatic rings. The summed E-state index contributed by atoms with van der Waals surface area (Å²) in [5.41, 5.74) is 5.19. The van der Waals surface area contributed by atoms with Crippen molar-refractivity contribution in [2.75, 3.05) is 6.54 Å². The number of amides is 2. The van der Waals surface area contributed by atoms with Crippen molar-refractivity contribution in [1.29, 1.82) is 0 Å². The number of carbonyl (C=O) groups is 2. The first-order chi connectivity index (χ1) is 9.97. The normalized spacial score (nSPS) is 15.0. The summed E-state index contributed by atoms with van der Waals surface area (Å²) >= 11 is 0. The number of hydrogen-bond acceptors (Lipinski definition) is 5. The van der Waals surface area contributed by atoms with Crippen LogP contribution in [0.25, 0.3) is 0 Å². The number of primary amides is 1. The third-order valence-corrected chi connectivity index (χ3v) is 3.52. The molecular weight excluding hydrogens is 278 g/mol. The van der Waals surface area contributed by atoms with E-state index in [1.165, 1.54) is 21.8 Å². The van der Waals surface area contributed by atoms with Crippen molar-refractivity contribution in [2.24, 2.45) is 5.73 Å². The number of rotatable bonds is 6. The molecule has 1 fully saturated rings. The van der Waals surface area contributed by atoms with E-state index in [0.717, 1.165) is 25.7 Å². The maximum atomic E-state index is 12.3. The Kier molecular flexibility index (Phi) is 4.51. The second kappa shape index (κ2) is 6.33. The highest BCUT2D eigenvalue weighted by molar-refractivity contribution is 5.84. The maximum absolute atomic E-state index is 12.3. The average molecular weight is 295 g/mol. The molecule has 1 aromatic rings. The summed E-state index contributed by atoms with van der Waals surface area (Å²) in [7, 11) is 0. The van der Waals surface area contributed by atoms with E-state index in [1.807, 2.05) is 0 Å². The van der Waals surface area contributed by atoms with Gasteiger partial charge in [-0.05, 0) is 17.8 Å². The fraction of sp³-hybridized carbons (Fsp3) is 0.583. The lowest BCUT2D eigenvalue weighted by atomic mass is 10.2. The summed E-state index contributed by atoms with van der Waals surface area (Å²) in [6, 6.07) is 1.23. The van der Waals surface area contributed by atoms with Crippen LogP contribution in [0.5, 0.6) is 0 Å². The monoisotopic (exact) mass is 295 g/mol. The molecule has 0 radical (unpaired) electrons. The Morgan fingerprint density at radius 1 is 1.48 bits per heavy atom. The third kappa shape index (κ3) is 3.77. The highest BCUT2D eigenvalue weighted by atomic mass is 16.6. The van der Waals surface area contributed by atoms with E-state index in [1.54, 1.807) is 0 Å². The maximum Gasteiger partial charge on any atom is 0.389 e. The molecule has 0 unspecified atom stereocenters. The first-order valence-electron chi connectivity index (χ1n) is 6.73. The molecule has 1 heterocycles. The van der Waals surface area contributed by atoms with Crippen LogP contribution in [-0.2, 0) is 16.1 Å². The highest BCUT2D eigenvalue weighted by Gasteiger charge is 2.28. The zero-order valence-corrected chi connectivity index (χ0v) is 11.5. The van der Waals surface area contributed by atoms with Crippen molar-refractivity contribution < 1.29 is 14.5 Å². The van der Waals surface area contributed by atoms with Crippen LogP contribution in [0.3, 0.4) is 0 Å². The van der Waals surface area contributed by atoms with Crippen LogP contribution >= 0.6 is 0 Å². The van der Waals surface area contributed by atoms with Gasteiger partial charge < -0.3 is 20.7 Å². The summed E-state index contributed by atoms with van der Waals surface area (Å²) in [6.45, 7) is -0.273. The highest BCUT2D eigenvalue weighted by Crippen LogP contribution is 2.23. The summed E-state index contributed by atoms with van der Waals surface area (Å²) in [4.78, 5) is 34.8. The van der Waals surface area contributed by atoms with Gasteiger partial charge in [-0.1, -0.05) is 12.8 Å². The number of nitrogens with zero attached hydrogens (tertiary/aromatic N) is 4. The molecule has 9 heteroatoms. The van der Waals surface area contributed by atoms with Gasteiger partial charge in [-0.15, -0.1) is 0 Å². The van der Waals surface area contributed by atoms with Gasteiger partial charge in [-0.3, -0.25) is 9.59 Å². The minimum Gasteiger partial charge on any atom is -0.368 e. The van der Waals surface area contributed by atoms with Gasteiger partial charge in [0.25, 0.3) is 0 Å². The standard InChI is InChI=1S/C12H17N5O4/c13-10(18)7-16(9-3-1-2-4-9)12(19)8-15-6-5-11(14-15)17(20)21/h5-6,9H,1-4,7-8H2,(H2,13,18). The van der Waals surface area contributed by atoms with Gasteiger partial charge >= 0.3 is 5.82 Å². The molecule has 2 rings (SSSR count). The molecule has 2 N–H and O–H groups in total. The molecule has 0 aliphatic heterocycles. The molecule has 1 aliphatic carbocycles. The molecule has 0 aromatic carbocycles. The van der Waals surface area contributed by atoms with E-state index in [9.17, 15) is 19.7 Å². The third-order valence-electron chi connectivity index (χ3n) is 3.52. The largest absolute Gasteiger partial charge is 0.389 e. The van der Waals surface area contributed by atoms with Gasteiger partial charge in [0.1, 0.15) is 6.54 Å². The lowest BCUT2D eigenvalue weighted by molar-refractivity contribution is -0.389. The van der Waals surface area contributed by atoms with Crippen molar-refractivity contribution in [3.8, 4) is 0 Å². The van der Waals surface area contributed by atoms with E-state index >= 15 is 0 Å². The van der Waals surface area contributed by atoms with Crippen LogP contribution in [0.1, 0.15) is 25.7 Å². The van der Waals surface area contributed by atoms with E-state index in [0.29, 0.717) is 0 Å². The summed E-state index contributed by atoms with van der Waals surface area (Å²) < 4.78 is 1.20. The first kappa shape index (κ1) is 14.9. The van der Waals surface area contributed by atoms with Gasteiger partial charge in [-0.2, -0.15) is 4.68 Å². The molecule has 0 atom stereocenters. The SMILES string of the molecule is NC(=O)CN(C(=O)Cn1ccc([N+](=O)[O-])n1)C1CCCC1. The van der Waals surface area contributed by atoms with Gasteiger partial charge in [0.2, 0.25) is 11.8 Å². The van der Waals surface area contributed by atoms with Crippen LogP contribution in [0.15, 0.2) is 12.3 Å². The summed E-state index contributed by atoms with van der Waals surface area (Å²) in [5.74, 6) is -1.19. The van der Waals surface area contributed by atoms with Crippen molar-refractivity contribution in [1.82, 2.24) is 14.7 Å². The molecule has 0 saturated heterocycles. The Bertz CT molecular complexity index is 550. The minimum absolute atomic E-state index is 0.00977. The topological polar surface area (TPSA) is 124 Å². The van der Waals surface area contributed by atoms with Crippen molar-refractivity contribution in [3.05, 3.63) is 22.4 Å². The summed E-state index contributed by atoms with van der Waals surface area (Å²) in [5, 5.41) is 14.3. The predicted molar refractivity (Wildman–Crippen MR) is 72.0 cm³/mol. The zero-order valence-electron chi connectivity index (χ0n) is 11.5. The second-order valence-corrected chi connectivity index (χ2v) is 5.05. The van der Waals surface area contributed by atoms with Crippen LogP contribution in [0.2, 0.25) is 0 Å². The Balaban J connectivity index is 2.06. The number of aromatic nitrogens is 2. The fourth-order valence-electron chi connectivity index (χ4n) is 2.57. The van der Waals surface area contributed by atoms with E-state index in [4.69, 9.17) is 5.73 Å². The van der Waals surface area contributed by atoms with Gasteiger partial charge in [0.15, 0.2) is 0 Å². The second-order valence-electron chi connectivity index (χ2n) is 5.05. The van der Waals surface area contributed by atoms with Crippen LogP contribution in [-0.4, -0.2) is 44.0 Å². The average Bonchev–Trinajstić information content (AvgIpc) is 3.06. The van der Waals surface area contributed by atoms with E-state index < -0.39 is 10.8 Å². The first-order valence-corrected chi connectivity index (χ1v) is 6.73. The van der Waals surface area contributed by atoms with E-state index in [2.05, 4.69) is 5.10 Å². The van der Waals surface area contributed by atoms with Gasteiger partial charge in [-0.25, -0.2) is 0 Å². The molecular formula is C12H17N5O4. The molecule has 0 bridgehead atoms. The molecule has 1 aromatic heterocycles. The predicted octanol–water partition coefficient (Wildman–Crippen LogP) is 0.0478. The Morgan fingerprint density at radius 3 is 2.67 bits per heavy atom. The lowest BCUT2D eigenvalue weighted by Gasteiger charge is -2.27. The van der Waals surface area contributed by atoms with Crippen LogP contribution in [0.4, 0.5) is 5.82 Å². The van der Waals surface area contributed by atoms with Gasteiger partial charge in [0.05, 0.1) is 23.9 Å². The van der Waals surface area contributed by atoms with E-state index in [-0.39, 0.29) is 30.9 Å². The number of carbonyl (C=O) groups excluding carboxylic acids is 2. The van der Waals surface area contributed by atoms with Crippen LogP contribution < -0.4 is 5.73 Å².